The van der Waals surface area contributed by atoms with Gasteiger partial charge in [0.2, 0.25) is 0 Å². The van der Waals surface area contributed by atoms with Crippen molar-refractivity contribution in [3.8, 4) is 0 Å². The van der Waals surface area contributed by atoms with E-state index >= 15 is 0 Å². The zero-order valence-corrected chi connectivity index (χ0v) is 11.2. The van der Waals surface area contributed by atoms with E-state index in [9.17, 15) is 8.42 Å². The molecule has 0 unspecified atom stereocenters. The highest BCUT2D eigenvalue weighted by molar-refractivity contribution is 7.94. The number of pyridine rings is 1. The average Bonchev–Trinajstić information content (AvgIpc) is 2.28. The first-order valence-corrected chi connectivity index (χ1v) is 7.02. The van der Waals surface area contributed by atoms with Crippen molar-refractivity contribution in [2.75, 3.05) is 0 Å². The van der Waals surface area contributed by atoms with Crippen molar-refractivity contribution < 1.29 is 8.42 Å². The predicted octanol–water partition coefficient (Wildman–Crippen LogP) is 3.78. The SMILES string of the molecule is O=S(=O)([N-]c1cccnc1)c1c(Cl)cccc1Cl. The first kappa shape index (κ1) is 13.1. The zero-order valence-electron chi connectivity index (χ0n) is 8.92. The summed E-state index contributed by atoms with van der Waals surface area (Å²) in [6.07, 6.45) is 2.86. The first-order valence-electron chi connectivity index (χ1n) is 4.83. The molecule has 18 heavy (non-hydrogen) atoms. The second kappa shape index (κ2) is 5.14. The van der Waals surface area contributed by atoms with Crippen molar-refractivity contribution in [2.45, 2.75) is 4.90 Å². The molecule has 0 spiro atoms. The normalized spacial score (nSPS) is 11.2. The Morgan fingerprint density at radius 2 is 1.72 bits per heavy atom. The fraction of sp³-hybridized carbons (Fsp3) is 0. The Labute approximate surface area is 115 Å². The molecule has 2 aromatic rings. The first-order chi connectivity index (χ1) is 8.50. The molecule has 7 heteroatoms. The predicted molar refractivity (Wildman–Crippen MR) is 70.9 cm³/mol. The van der Waals surface area contributed by atoms with Gasteiger partial charge in [-0.15, -0.1) is 5.69 Å². The maximum Gasteiger partial charge on any atom is 0.126 e. The second-order valence-electron chi connectivity index (χ2n) is 3.33. The van der Waals surface area contributed by atoms with E-state index in [2.05, 4.69) is 9.71 Å². The molecule has 1 aromatic carbocycles. The molecule has 1 aromatic heterocycles. The van der Waals surface area contributed by atoms with Crippen LogP contribution in [0.5, 0.6) is 0 Å². The summed E-state index contributed by atoms with van der Waals surface area (Å²) in [5, 5.41) is 0.0743. The molecule has 0 aliphatic heterocycles. The monoisotopic (exact) mass is 301 g/mol. The highest BCUT2D eigenvalue weighted by atomic mass is 35.5. The van der Waals surface area contributed by atoms with E-state index in [0.717, 1.165) is 0 Å². The zero-order chi connectivity index (χ0) is 13.2. The molecule has 0 bridgehead atoms. The van der Waals surface area contributed by atoms with Crippen LogP contribution in [-0.2, 0) is 10.0 Å². The van der Waals surface area contributed by atoms with Gasteiger partial charge >= 0.3 is 0 Å². The minimum Gasteiger partial charge on any atom is -0.571 e. The summed E-state index contributed by atoms with van der Waals surface area (Å²) in [5.41, 5.74) is 0.216. The van der Waals surface area contributed by atoms with Crippen LogP contribution in [0.1, 0.15) is 0 Å². The highest BCUT2D eigenvalue weighted by Gasteiger charge is 2.14. The van der Waals surface area contributed by atoms with Crippen LogP contribution in [-0.4, -0.2) is 13.4 Å². The molecule has 1 heterocycles. The Bertz CT molecular complexity index is 640. The third-order valence-electron chi connectivity index (χ3n) is 2.05. The minimum absolute atomic E-state index is 0.0372. The Morgan fingerprint density at radius 3 is 2.28 bits per heavy atom. The van der Waals surface area contributed by atoms with Crippen LogP contribution in [0.25, 0.3) is 4.72 Å². The number of rotatable bonds is 3. The summed E-state index contributed by atoms with van der Waals surface area (Å²) in [4.78, 5) is 3.59. The average molecular weight is 302 g/mol. The molecule has 0 saturated heterocycles. The summed E-state index contributed by atoms with van der Waals surface area (Å²) < 4.78 is 27.8. The Kier molecular flexibility index (Phi) is 3.75. The fourth-order valence-corrected chi connectivity index (χ4v) is 3.41. The van der Waals surface area contributed by atoms with Crippen LogP contribution >= 0.6 is 23.2 Å². The minimum atomic E-state index is -3.95. The number of benzene rings is 1. The van der Waals surface area contributed by atoms with Gasteiger partial charge in [-0.2, -0.15) is 0 Å². The fourth-order valence-electron chi connectivity index (χ4n) is 1.32. The lowest BCUT2D eigenvalue weighted by molar-refractivity contribution is 0.603. The molecule has 0 aliphatic rings. The van der Waals surface area contributed by atoms with Gasteiger partial charge in [-0.05, 0) is 18.2 Å². The molecule has 0 radical (unpaired) electrons. The van der Waals surface area contributed by atoms with Crippen LogP contribution in [0.4, 0.5) is 5.69 Å². The Hall–Kier alpha value is -1.30. The van der Waals surface area contributed by atoms with E-state index in [1.807, 2.05) is 0 Å². The lowest BCUT2D eigenvalue weighted by Gasteiger charge is -2.22. The lowest BCUT2D eigenvalue weighted by Crippen LogP contribution is -1.99. The van der Waals surface area contributed by atoms with Crippen molar-refractivity contribution in [3.63, 3.8) is 0 Å². The molecule has 0 N–H and O–H groups in total. The van der Waals surface area contributed by atoms with E-state index in [0.29, 0.717) is 0 Å². The number of hydrogen-bond donors (Lipinski definition) is 0. The van der Waals surface area contributed by atoms with Crippen LogP contribution in [0.2, 0.25) is 10.0 Å². The summed E-state index contributed by atoms with van der Waals surface area (Å²) in [6, 6.07) is 7.56. The smallest absolute Gasteiger partial charge is 0.126 e. The molecule has 0 saturated carbocycles. The lowest BCUT2D eigenvalue weighted by atomic mass is 10.4. The van der Waals surface area contributed by atoms with Crippen molar-refractivity contribution in [2.24, 2.45) is 0 Å². The molecule has 0 amide bonds. The van der Waals surface area contributed by atoms with Gasteiger partial charge < -0.3 is 4.72 Å². The van der Waals surface area contributed by atoms with Crippen molar-refractivity contribution >= 4 is 38.9 Å². The van der Waals surface area contributed by atoms with Gasteiger partial charge in [0.05, 0.1) is 14.9 Å². The Balaban J connectivity index is 2.44. The molecule has 4 nitrogen and oxygen atoms in total. The van der Waals surface area contributed by atoms with Gasteiger partial charge in [-0.1, -0.05) is 35.3 Å². The molecule has 94 valence electrons. The van der Waals surface area contributed by atoms with Crippen LogP contribution in [0, 0.1) is 0 Å². The van der Waals surface area contributed by atoms with Crippen LogP contribution < -0.4 is 0 Å². The standard InChI is InChI=1S/C11H7Cl2N2O2S/c12-9-4-1-5-10(13)11(9)18(16,17)15-8-3-2-6-14-7-8/h1-7H/q-1. The number of halogens is 2. The van der Waals surface area contributed by atoms with Gasteiger partial charge in [-0.3, -0.25) is 4.98 Å². The third-order valence-corrected chi connectivity index (χ3v) is 4.31. The second-order valence-corrected chi connectivity index (χ2v) is 5.68. The van der Waals surface area contributed by atoms with E-state index < -0.39 is 10.0 Å². The molecule has 0 fully saturated rings. The van der Waals surface area contributed by atoms with E-state index in [1.54, 1.807) is 12.1 Å². The summed E-state index contributed by atoms with van der Waals surface area (Å²) >= 11 is 11.7. The Morgan fingerprint density at radius 1 is 1.06 bits per heavy atom. The van der Waals surface area contributed by atoms with Crippen LogP contribution in [0.3, 0.4) is 0 Å². The molecular weight excluding hydrogens is 295 g/mol. The number of sulfonamides is 1. The highest BCUT2D eigenvalue weighted by Crippen LogP contribution is 2.35. The van der Waals surface area contributed by atoms with Gasteiger partial charge in [0.25, 0.3) is 0 Å². The van der Waals surface area contributed by atoms with Gasteiger partial charge in [0.1, 0.15) is 10.0 Å². The summed E-state index contributed by atoms with van der Waals surface area (Å²) in [5.74, 6) is 0. The van der Waals surface area contributed by atoms with Crippen molar-refractivity contribution in [1.29, 1.82) is 0 Å². The van der Waals surface area contributed by atoms with E-state index in [4.69, 9.17) is 23.2 Å². The van der Waals surface area contributed by atoms with Gasteiger partial charge in [0, 0.05) is 12.4 Å². The number of hydrogen-bond acceptors (Lipinski definition) is 3. The van der Waals surface area contributed by atoms with Gasteiger partial charge in [0.15, 0.2) is 0 Å². The molecule has 2 rings (SSSR count). The number of nitrogens with zero attached hydrogens (tertiary/aromatic N) is 2. The van der Waals surface area contributed by atoms with Crippen molar-refractivity contribution in [1.82, 2.24) is 4.98 Å². The topological polar surface area (TPSA) is 61.1 Å². The maximum absolute atomic E-state index is 12.1. The summed E-state index contributed by atoms with van der Waals surface area (Å²) in [7, 11) is -3.95. The third kappa shape index (κ3) is 2.75. The molecule has 0 aliphatic carbocycles. The largest absolute Gasteiger partial charge is 0.571 e. The molecule has 0 atom stereocenters. The van der Waals surface area contributed by atoms with E-state index in [-0.39, 0.29) is 20.6 Å². The van der Waals surface area contributed by atoms with E-state index in [1.165, 1.54) is 30.6 Å². The molecular formula is C11H7Cl2N2O2S-. The van der Waals surface area contributed by atoms with Crippen LogP contribution in [0.15, 0.2) is 47.6 Å². The van der Waals surface area contributed by atoms with Crippen molar-refractivity contribution in [3.05, 3.63) is 57.5 Å². The maximum atomic E-state index is 12.1. The summed E-state index contributed by atoms with van der Waals surface area (Å²) in [6.45, 7) is 0. The quantitative estimate of drug-likeness (QED) is 0.866. The number of aromatic nitrogens is 1. The van der Waals surface area contributed by atoms with Gasteiger partial charge in [-0.25, -0.2) is 8.42 Å².